The van der Waals surface area contributed by atoms with E-state index in [2.05, 4.69) is 20.8 Å². The number of halogens is 1. The molecule has 3 rings (SSSR count). The minimum Gasteiger partial charge on any atom is -0.325 e. The van der Waals surface area contributed by atoms with E-state index < -0.39 is 0 Å². The predicted molar refractivity (Wildman–Crippen MR) is 94.7 cm³/mol. The van der Waals surface area contributed by atoms with E-state index in [1.165, 1.54) is 11.8 Å². The number of thioether (sulfide) groups is 1. The van der Waals surface area contributed by atoms with E-state index in [9.17, 15) is 4.79 Å². The van der Waals surface area contributed by atoms with Gasteiger partial charge in [0, 0.05) is 10.7 Å². The molecule has 0 aliphatic carbocycles. The Balaban J connectivity index is 1.63. The molecule has 24 heavy (non-hydrogen) atoms. The van der Waals surface area contributed by atoms with Gasteiger partial charge in [-0.2, -0.15) is 4.68 Å². The molecule has 0 aliphatic heterocycles. The summed E-state index contributed by atoms with van der Waals surface area (Å²) in [4.78, 5) is 12.1. The van der Waals surface area contributed by atoms with Crippen molar-refractivity contribution in [3.63, 3.8) is 0 Å². The third-order valence-corrected chi connectivity index (χ3v) is 4.35. The number of carbonyl (C=O) groups is 1. The topological polar surface area (TPSA) is 72.7 Å². The van der Waals surface area contributed by atoms with E-state index in [0.717, 1.165) is 16.9 Å². The number of hydrogen-bond acceptors (Lipinski definition) is 5. The highest BCUT2D eigenvalue weighted by Gasteiger charge is 2.11. The van der Waals surface area contributed by atoms with Gasteiger partial charge < -0.3 is 5.32 Å². The fourth-order valence-electron chi connectivity index (χ4n) is 1.98. The molecule has 0 bridgehead atoms. The fourth-order valence-corrected chi connectivity index (χ4v) is 2.79. The van der Waals surface area contributed by atoms with Crippen molar-refractivity contribution in [1.82, 2.24) is 20.2 Å². The lowest BCUT2D eigenvalue weighted by atomic mass is 10.2. The summed E-state index contributed by atoms with van der Waals surface area (Å²) in [6.45, 7) is 2.00. The zero-order chi connectivity index (χ0) is 16.9. The van der Waals surface area contributed by atoms with E-state index in [0.29, 0.717) is 10.2 Å². The van der Waals surface area contributed by atoms with E-state index in [-0.39, 0.29) is 11.7 Å². The highest BCUT2D eigenvalue weighted by atomic mass is 35.5. The highest BCUT2D eigenvalue weighted by Crippen LogP contribution is 2.20. The molecule has 6 nitrogen and oxygen atoms in total. The molecule has 1 heterocycles. The molecule has 122 valence electrons. The van der Waals surface area contributed by atoms with Crippen LogP contribution in [0.3, 0.4) is 0 Å². The maximum atomic E-state index is 12.1. The zero-order valence-electron chi connectivity index (χ0n) is 12.8. The number of rotatable bonds is 5. The lowest BCUT2D eigenvalue weighted by Crippen LogP contribution is -2.14. The number of aryl methyl sites for hydroxylation is 1. The van der Waals surface area contributed by atoms with Crippen molar-refractivity contribution in [2.75, 3.05) is 11.1 Å². The second-order valence-corrected chi connectivity index (χ2v) is 6.43. The van der Waals surface area contributed by atoms with E-state index >= 15 is 0 Å². The number of nitrogens with zero attached hydrogens (tertiary/aromatic N) is 4. The van der Waals surface area contributed by atoms with Gasteiger partial charge >= 0.3 is 0 Å². The van der Waals surface area contributed by atoms with Gasteiger partial charge in [0.2, 0.25) is 11.1 Å². The van der Waals surface area contributed by atoms with Crippen molar-refractivity contribution in [1.29, 1.82) is 0 Å². The average Bonchev–Trinajstić information content (AvgIpc) is 3.04. The monoisotopic (exact) mass is 359 g/mol. The molecule has 0 atom stereocenters. The van der Waals surface area contributed by atoms with E-state index in [1.54, 1.807) is 16.8 Å². The Hall–Kier alpha value is -2.38. The van der Waals surface area contributed by atoms with Gasteiger partial charge in [0.15, 0.2) is 0 Å². The van der Waals surface area contributed by atoms with Gasteiger partial charge in [0.25, 0.3) is 0 Å². The Bertz CT molecular complexity index is 832. The number of tetrazole rings is 1. The second-order valence-electron chi connectivity index (χ2n) is 5.05. The minimum atomic E-state index is -0.116. The van der Waals surface area contributed by atoms with E-state index in [1.807, 2.05) is 43.3 Å². The number of nitrogens with one attached hydrogen (secondary N) is 1. The van der Waals surface area contributed by atoms with Crippen LogP contribution in [0.15, 0.2) is 53.7 Å². The van der Waals surface area contributed by atoms with Gasteiger partial charge in [-0.05, 0) is 53.7 Å². The molecule has 0 fully saturated rings. The summed E-state index contributed by atoms with van der Waals surface area (Å²) in [6.07, 6.45) is 0. The first-order chi connectivity index (χ1) is 11.6. The molecule has 3 aromatic rings. The standard InChI is InChI=1S/C16H14ClN5OS/c1-11-2-6-13(7-3-11)18-15(23)10-24-16-19-20-21-22(16)14-8-4-12(17)5-9-14/h2-9H,10H2,1H3,(H,18,23). The molecule has 0 saturated carbocycles. The van der Waals surface area contributed by atoms with Crippen molar-refractivity contribution in [2.45, 2.75) is 12.1 Å². The van der Waals surface area contributed by atoms with E-state index in [4.69, 9.17) is 11.6 Å². The molecule has 1 amide bonds. The van der Waals surface area contributed by atoms with Crippen LogP contribution in [-0.2, 0) is 4.79 Å². The van der Waals surface area contributed by atoms with Crippen molar-refractivity contribution in [2.24, 2.45) is 0 Å². The SMILES string of the molecule is Cc1ccc(NC(=O)CSc2nnnn2-c2ccc(Cl)cc2)cc1. The number of hydrogen-bond donors (Lipinski definition) is 1. The summed E-state index contributed by atoms with van der Waals surface area (Å²) in [5.74, 6) is 0.0940. The molecular weight excluding hydrogens is 346 g/mol. The Morgan fingerprint density at radius 1 is 1.17 bits per heavy atom. The molecule has 0 aliphatic rings. The van der Waals surface area contributed by atoms with Crippen molar-refractivity contribution >= 4 is 35.0 Å². The molecule has 0 spiro atoms. The Morgan fingerprint density at radius 3 is 2.58 bits per heavy atom. The Kier molecular flexibility index (Phi) is 5.12. The lowest BCUT2D eigenvalue weighted by molar-refractivity contribution is -0.113. The van der Waals surface area contributed by atoms with Gasteiger partial charge in [-0.3, -0.25) is 4.79 Å². The molecule has 0 unspecified atom stereocenters. The summed E-state index contributed by atoms with van der Waals surface area (Å²) >= 11 is 7.15. The van der Waals surface area contributed by atoms with Crippen LogP contribution in [0, 0.1) is 6.92 Å². The van der Waals surface area contributed by atoms with Gasteiger partial charge in [0.05, 0.1) is 11.4 Å². The number of aromatic nitrogens is 4. The van der Waals surface area contributed by atoms with Crippen LogP contribution in [0.1, 0.15) is 5.56 Å². The number of benzene rings is 2. The summed E-state index contributed by atoms with van der Waals surface area (Å²) in [5.41, 5.74) is 2.69. The normalized spacial score (nSPS) is 10.6. The maximum absolute atomic E-state index is 12.1. The average molecular weight is 360 g/mol. The smallest absolute Gasteiger partial charge is 0.234 e. The lowest BCUT2D eigenvalue weighted by Gasteiger charge is -2.06. The fraction of sp³-hybridized carbons (Fsp3) is 0.125. The van der Waals surface area contributed by atoms with Crippen molar-refractivity contribution in [3.8, 4) is 5.69 Å². The first-order valence-electron chi connectivity index (χ1n) is 7.15. The van der Waals surface area contributed by atoms with Crippen LogP contribution in [-0.4, -0.2) is 31.9 Å². The summed E-state index contributed by atoms with van der Waals surface area (Å²) < 4.78 is 1.57. The van der Waals surface area contributed by atoms with Crippen molar-refractivity contribution < 1.29 is 4.79 Å². The molecule has 1 aromatic heterocycles. The third-order valence-electron chi connectivity index (χ3n) is 3.18. The first-order valence-corrected chi connectivity index (χ1v) is 8.52. The van der Waals surface area contributed by atoms with Gasteiger partial charge in [-0.25, -0.2) is 0 Å². The molecule has 8 heteroatoms. The van der Waals surface area contributed by atoms with Crippen LogP contribution >= 0.6 is 23.4 Å². The Morgan fingerprint density at radius 2 is 1.88 bits per heavy atom. The predicted octanol–water partition coefficient (Wildman–Crippen LogP) is 3.35. The summed E-state index contributed by atoms with van der Waals surface area (Å²) in [5, 5.41) is 15.6. The molecule has 1 N–H and O–H groups in total. The minimum absolute atomic E-state index is 0.116. The van der Waals surface area contributed by atoms with Gasteiger partial charge in [0.1, 0.15) is 0 Å². The highest BCUT2D eigenvalue weighted by molar-refractivity contribution is 7.99. The molecule has 0 saturated heterocycles. The summed E-state index contributed by atoms with van der Waals surface area (Å²) in [6, 6.07) is 14.8. The number of anilines is 1. The molecule has 0 radical (unpaired) electrons. The molecule has 2 aromatic carbocycles. The third kappa shape index (κ3) is 4.12. The number of amides is 1. The van der Waals surface area contributed by atoms with Crippen LogP contribution in [0.4, 0.5) is 5.69 Å². The molecular formula is C16H14ClN5OS. The quantitative estimate of drug-likeness (QED) is 0.707. The zero-order valence-corrected chi connectivity index (χ0v) is 14.4. The van der Waals surface area contributed by atoms with Crippen LogP contribution < -0.4 is 5.32 Å². The second kappa shape index (κ2) is 7.46. The van der Waals surface area contributed by atoms with Gasteiger partial charge in [-0.1, -0.05) is 41.1 Å². The van der Waals surface area contributed by atoms with Gasteiger partial charge in [-0.15, -0.1) is 5.10 Å². The first kappa shape index (κ1) is 16.5. The van der Waals surface area contributed by atoms with Crippen LogP contribution in [0.25, 0.3) is 5.69 Å². The Labute approximate surface area is 148 Å². The summed E-state index contributed by atoms with van der Waals surface area (Å²) in [7, 11) is 0. The van der Waals surface area contributed by atoms with Crippen LogP contribution in [0.5, 0.6) is 0 Å². The largest absolute Gasteiger partial charge is 0.325 e. The maximum Gasteiger partial charge on any atom is 0.234 e. The van der Waals surface area contributed by atoms with Crippen molar-refractivity contribution in [3.05, 3.63) is 59.1 Å². The van der Waals surface area contributed by atoms with Crippen LogP contribution in [0.2, 0.25) is 5.02 Å². The number of carbonyl (C=O) groups excluding carboxylic acids is 1.